The number of hydrogen-bond acceptors (Lipinski definition) is 3. The summed E-state index contributed by atoms with van der Waals surface area (Å²) in [4.78, 5) is 0. The van der Waals surface area contributed by atoms with Gasteiger partial charge in [0.05, 0.1) is 11.4 Å². The van der Waals surface area contributed by atoms with E-state index in [-0.39, 0.29) is 0 Å². The van der Waals surface area contributed by atoms with Crippen LogP contribution in [0.4, 0.5) is 0 Å². The zero-order valence-electron chi connectivity index (χ0n) is 9.53. The van der Waals surface area contributed by atoms with Gasteiger partial charge in [-0.2, -0.15) is 0 Å². The molecule has 0 aromatic heterocycles. The van der Waals surface area contributed by atoms with Gasteiger partial charge < -0.3 is 5.11 Å². The van der Waals surface area contributed by atoms with Gasteiger partial charge in [0.25, 0.3) is 0 Å². The van der Waals surface area contributed by atoms with E-state index in [4.69, 9.17) is 0 Å². The Labute approximate surface area is 87.4 Å². The summed E-state index contributed by atoms with van der Waals surface area (Å²) < 4.78 is 22.3. The second-order valence-corrected chi connectivity index (χ2v) is 6.63. The molecule has 0 radical (unpaired) electrons. The molecule has 86 valence electrons. The van der Waals surface area contributed by atoms with Gasteiger partial charge >= 0.3 is 0 Å². The number of sulfone groups is 1. The second-order valence-electron chi connectivity index (χ2n) is 4.23. The topological polar surface area (TPSA) is 54.4 Å². The highest BCUT2D eigenvalue weighted by molar-refractivity contribution is 7.91. The minimum Gasteiger partial charge on any atom is -0.392 e. The van der Waals surface area contributed by atoms with Crippen molar-refractivity contribution < 1.29 is 13.5 Å². The summed E-state index contributed by atoms with van der Waals surface area (Å²) in [7, 11) is -3.11. The fourth-order valence-corrected chi connectivity index (χ4v) is 2.18. The average Bonchev–Trinajstić information content (AvgIpc) is 2.01. The molecule has 0 aliphatic carbocycles. The van der Waals surface area contributed by atoms with Gasteiger partial charge in [-0.15, -0.1) is 0 Å². The molecule has 0 amide bonds. The van der Waals surface area contributed by atoms with Crippen LogP contribution in [0.2, 0.25) is 0 Å². The van der Waals surface area contributed by atoms with Crippen LogP contribution in [0.3, 0.4) is 0 Å². The van der Waals surface area contributed by atoms with E-state index in [1.807, 2.05) is 6.92 Å². The van der Waals surface area contributed by atoms with Crippen molar-refractivity contribution in [2.24, 2.45) is 5.92 Å². The number of hydrogen-bond donors (Lipinski definition) is 1. The van der Waals surface area contributed by atoms with Crippen LogP contribution < -0.4 is 0 Å². The van der Waals surface area contributed by atoms with Gasteiger partial charge in [-0.25, -0.2) is 8.42 Å². The summed E-state index contributed by atoms with van der Waals surface area (Å²) >= 11 is 0. The summed E-state index contributed by atoms with van der Waals surface area (Å²) in [5, 5.41) is 9.02. The van der Waals surface area contributed by atoms with Gasteiger partial charge in [0.15, 0.2) is 9.84 Å². The van der Waals surface area contributed by atoms with E-state index in [9.17, 15) is 13.5 Å². The molecule has 3 unspecified atom stereocenters. The summed E-state index contributed by atoms with van der Waals surface area (Å²) in [5.74, 6) is 0.388. The Morgan fingerprint density at radius 1 is 1.29 bits per heavy atom. The molecule has 0 saturated heterocycles. The normalized spacial score (nSPS) is 18.9. The minimum absolute atomic E-state index is 0.388. The number of rotatable bonds is 6. The number of aliphatic hydroxyl groups is 1. The van der Waals surface area contributed by atoms with Crippen molar-refractivity contribution in [2.45, 2.75) is 51.4 Å². The van der Waals surface area contributed by atoms with E-state index in [2.05, 4.69) is 6.92 Å². The molecule has 0 spiro atoms. The van der Waals surface area contributed by atoms with Gasteiger partial charge in [0.1, 0.15) is 0 Å². The quantitative estimate of drug-likeness (QED) is 0.743. The standard InChI is InChI=1S/C10H22O3S/c1-5-6-8(2)7-10(11)9(3)14(4,12)13/h8-11H,5-7H2,1-4H3. The molecule has 0 aliphatic rings. The lowest BCUT2D eigenvalue weighted by molar-refractivity contribution is 0.142. The van der Waals surface area contributed by atoms with Crippen LogP contribution in [-0.4, -0.2) is 31.1 Å². The third-order valence-corrected chi connectivity index (χ3v) is 4.31. The molecule has 0 rings (SSSR count). The van der Waals surface area contributed by atoms with Crippen LogP contribution in [-0.2, 0) is 9.84 Å². The summed E-state index contributed by atoms with van der Waals surface area (Å²) in [6, 6.07) is 0. The second kappa shape index (κ2) is 5.71. The van der Waals surface area contributed by atoms with Crippen LogP contribution in [0.25, 0.3) is 0 Å². The zero-order valence-corrected chi connectivity index (χ0v) is 10.3. The van der Waals surface area contributed by atoms with Crippen molar-refractivity contribution in [3.63, 3.8) is 0 Å². The third-order valence-electron chi connectivity index (χ3n) is 2.64. The van der Waals surface area contributed by atoms with Crippen LogP contribution in [0.1, 0.15) is 40.0 Å². The molecular weight excluding hydrogens is 200 g/mol. The molecule has 0 aromatic rings. The van der Waals surface area contributed by atoms with E-state index < -0.39 is 21.2 Å². The highest BCUT2D eigenvalue weighted by atomic mass is 32.2. The Hall–Kier alpha value is -0.0900. The molecule has 1 N–H and O–H groups in total. The van der Waals surface area contributed by atoms with Crippen molar-refractivity contribution in [2.75, 3.05) is 6.26 Å². The van der Waals surface area contributed by atoms with Gasteiger partial charge in [-0.1, -0.05) is 26.7 Å². The van der Waals surface area contributed by atoms with Crippen LogP contribution in [0, 0.1) is 5.92 Å². The van der Waals surface area contributed by atoms with Gasteiger partial charge in [-0.05, 0) is 19.3 Å². The molecule has 0 aliphatic heterocycles. The van der Waals surface area contributed by atoms with E-state index in [1.165, 1.54) is 6.26 Å². The smallest absolute Gasteiger partial charge is 0.152 e. The van der Waals surface area contributed by atoms with Gasteiger partial charge in [0, 0.05) is 6.26 Å². The molecule has 14 heavy (non-hydrogen) atoms. The average molecular weight is 222 g/mol. The summed E-state index contributed by atoms with van der Waals surface area (Å²) in [6.07, 6.45) is 3.12. The molecule has 0 bridgehead atoms. The maximum atomic E-state index is 11.2. The van der Waals surface area contributed by atoms with Crippen molar-refractivity contribution in [3.8, 4) is 0 Å². The Morgan fingerprint density at radius 2 is 1.79 bits per heavy atom. The Morgan fingerprint density at radius 3 is 2.14 bits per heavy atom. The highest BCUT2D eigenvalue weighted by Gasteiger charge is 2.24. The van der Waals surface area contributed by atoms with Crippen molar-refractivity contribution in [1.82, 2.24) is 0 Å². The monoisotopic (exact) mass is 222 g/mol. The van der Waals surface area contributed by atoms with E-state index in [0.29, 0.717) is 12.3 Å². The lowest BCUT2D eigenvalue weighted by atomic mass is 9.97. The molecule has 3 atom stereocenters. The Kier molecular flexibility index (Phi) is 5.67. The zero-order chi connectivity index (χ0) is 11.4. The van der Waals surface area contributed by atoms with E-state index in [1.54, 1.807) is 6.92 Å². The minimum atomic E-state index is -3.11. The fourth-order valence-electron chi connectivity index (χ4n) is 1.50. The molecular formula is C10H22O3S. The van der Waals surface area contributed by atoms with Crippen LogP contribution in [0.5, 0.6) is 0 Å². The maximum absolute atomic E-state index is 11.2. The van der Waals surface area contributed by atoms with E-state index >= 15 is 0 Å². The molecule has 4 heteroatoms. The van der Waals surface area contributed by atoms with Crippen molar-refractivity contribution >= 4 is 9.84 Å². The predicted molar refractivity (Wildman–Crippen MR) is 59.0 cm³/mol. The maximum Gasteiger partial charge on any atom is 0.152 e. The third kappa shape index (κ3) is 4.96. The van der Waals surface area contributed by atoms with E-state index in [0.717, 1.165) is 12.8 Å². The van der Waals surface area contributed by atoms with Crippen LogP contribution >= 0.6 is 0 Å². The summed E-state index contributed by atoms with van der Waals surface area (Å²) in [5.41, 5.74) is 0. The molecule has 0 aromatic carbocycles. The summed E-state index contributed by atoms with van der Waals surface area (Å²) in [6.45, 7) is 5.70. The first-order chi connectivity index (χ1) is 6.29. The van der Waals surface area contributed by atoms with Crippen LogP contribution in [0.15, 0.2) is 0 Å². The highest BCUT2D eigenvalue weighted by Crippen LogP contribution is 2.17. The van der Waals surface area contributed by atoms with Gasteiger partial charge in [-0.3, -0.25) is 0 Å². The first-order valence-electron chi connectivity index (χ1n) is 5.16. The van der Waals surface area contributed by atoms with Crippen molar-refractivity contribution in [1.29, 1.82) is 0 Å². The fraction of sp³-hybridized carbons (Fsp3) is 1.00. The molecule has 0 fully saturated rings. The first-order valence-corrected chi connectivity index (χ1v) is 7.11. The molecule has 3 nitrogen and oxygen atoms in total. The SMILES string of the molecule is CCCC(C)CC(O)C(C)S(C)(=O)=O. The first kappa shape index (κ1) is 13.9. The van der Waals surface area contributed by atoms with Gasteiger partial charge in [0.2, 0.25) is 0 Å². The molecule has 0 heterocycles. The largest absolute Gasteiger partial charge is 0.392 e. The Bertz CT molecular complexity index is 246. The lowest BCUT2D eigenvalue weighted by Gasteiger charge is -2.20. The lowest BCUT2D eigenvalue weighted by Crippen LogP contribution is -2.31. The van der Waals surface area contributed by atoms with Crippen molar-refractivity contribution in [3.05, 3.63) is 0 Å². The predicted octanol–water partition coefficient (Wildman–Crippen LogP) is 1.61. The molecule has 0 saturated carbocycles. The Balaban J connectivity index is 4.14. The number of aliphatic hydroxyl groups excluding tert-OH is 1.